The molecular formula is C50H31NO2. The molecule has 0 atom stereocenters. The minimum atomic E-state index is 0.859. The first-order chi connectivity index (χ1) is 26.2. The molecule has 11 rings (SSSR count). The van der Waals surface area contributed by atoms with Crippen LogP contribution >= 0.6 is 0 Å². The number of para-hydroxylation sites is 1. The molecule has 2 aromatic heterocycles. The number of hydrogen-bond donors (Lipinski definition) is 0. The van der Waals surface area contributed by atoms with Crippen LogP contribution in [0.1, 0.15) is 0 Å². The molecule has 0 spiro atoms. The van der Waals surface area contributed by atoms with Crippen LogP contribution in [0.25, 0.3) is 87.7 Å². The van der Waals surface area contributed by atoms with Crippen molar-refractivity contribution in [1.29, 1.82) is 0 Å². The van der Waals surface area contributed by atoms with Gasteiger partial charge in [0.25, 0.3) is 0 Å². The fourth-order valence-corrected chi connectivity index (χ4v) is 8.07. The summed E-state index contributed by atoms with van der Waals surface area (Å²) in [5.74, 6) is 0. The van der Waals surface area contributed by atoms with Crippen LogP contribution in [0.15, 0.2) is 197 Å². The molecule has 0 saturated heterocycles. The Morgan fingerprint density at radius 1 is 0.321 bits per heavy atom. The predicted molar refractivity (Wildman–Crippen MR) is 222 cm³/mol. The maximum absolute atomic E-state index is 6.69. The molecule has 3 nitrogen and oxygen atoms in total. The lowest BCUT2D eigenvalue weighted by Crippen LogP contribution is -2.10. The molecule has 0 aliphatic rings. The normalized spacial score (nSPS) is 11.8. The Hall–Kier alpha value is -7.10. The lowest BCUT2D eigenvalue weighted by molar-refractivity contribution is 0.669. The van der Waals surface area contributed by atoms with Crippen molar-refractivity contribution in [1.82, 2.24) is 0 Å². The molecule has 2 heterocycles. The van der Waals surface area contributed by atoms with Crippen molar-refractivity contribution in [3.8, 4) is 22.3 Å². The van der Waals surface area contributed by atoms with Crippen LogP contribution in [0.3, 0.4) is 0 Å². The summed E-state index contributed by atoms with van der Waals surface area (Å²) in [6, 6.07) is 66.9. The molecule has 0 bridgehead atoms. The SMILES string of the molecule is c1cc(-c2ccc3ccccc3c2)cc(N(c2cccc(-c3ccc4oc5ccccc5c4c3)c2)c2cccc3oc4c5ccccc5ccc4c23)c1. The highest BCUT2D eigenvalue weighted by Gasteiger charge is 2.21. The van der Waals surface area contributed by atoms with Gasteiger partial charge in [-0.2, -0.15) is 0 Å². The second-order valence-electron chi connectivity index (χ2n) is 13.7. The van der Waals surface area contributed by atoms with Gasteiger partial charge in [0.15, 0.2) is 0 Å². The van der Waals surface area contributed by atoms with Gasteiger partial charge in [-0.25, -0.2) is 0 Å². The van der Waals surface area contributed by atoms with Crippen LogP contribution in [0.4, 0.5) is 17.1 Å². The molecule has 0 aliphatic carbocycles. The number of furan rings is 2. The van der Waals surface area contributed by atoms with Gasteiger partial charge in [0, 0.05) is 32.9 Å². The first kappa shape index (κ1) is 29.6. The van der Waals surface area contributed by atoms with Crippen molar-refractivity contribution in [2.45, 2.75) is 0 Å². The maximum Gasteiger partial charge on any atom is 0.143 e. The second-order valence-corrected chi connectivity index (χ2v) is 13.7. The van der Waals surface area contributed by atoms with E-state index in [2.05, 4.69) is 181 Å². The molecule has 0 N–H and O–H groups in total. The largest absolute Gasteiger partial charge is 0.456 e. The van der Waals surface area contributed by atoms with E-state index in [0.29, 0.717) is 0 Å². The Labute approximate surface area is 305 Å². The van der Waals surface area contributed by atoms with E-state index in [0.717, 1.165) is 88.4 Å². The lowest BCUT2D eigenvalue weighted by Gasteiger charge is -2.27. The number of fused-ring (bicyclic) bond motifs is 9. The quantitative estimate of drug-likeness (QED) is 0.182. The van der Waals surface area contributed by atoms with Crippen molar-refractivity contribution >= 4 is 82.5 Å². The van der Waals surface area contributed by atoms with E-state index in [1.165, 1.54) is 16.3 Å². The third kappa shape index (κ3) is 4.82. The number of hydrogen-bond acceptors (Lipinski definition) is 3. The highest BCUT2D eigenvalue weighted by molar-refractivity contribution is 6.19. The van der Waals surface area contributed by atoms with Gasteiger partial charge in [-0.1, -0.05) is 121 Å². The van der Waals surface area contributed by atoms with Gasteiger partial charge >= 0.3 is 0 Å². The summed E-state index contributed by atoms with van der Waals surface area (Å²) in [4.78, 5) is 2.38. The van der Waals surface area contributed by atoms with Crippen molar-refractivity contribution in [3.05, 3.63) is 188 Å². The molecule has 0 radical (unpaired) electrons. The molecule has 248 valence electrons. The number of anilines is 3. The van der Waals surface area contributed by atoms with Crippen molar-refractivity contribution in [3.63, 3.8) is 0 Å². The fraction of sp³-hybridized carbons (Fsp3) is 0. The predicted octanol–water partition coefficient (Wildman–Crippen LogP) is 14.6. The molecule has 9 aromatic carbocycles. The summed E-state index contributed by atoms with van der Waals surface area (Å²) in [5, 5.41) is 9.16. The van der Waals surface area contributed by atoms with E-state index in [1.54, 1.807) is 0 Å². The zero-order valence-electron chi connectivity index (χ0n) is 28.7. The topological polar surface area (TPSA) is 29.5 Å². The summed E-state index contributed by atoms with van der Waals surface area (Å²) in [6.07, 6.45) is 0. The van der Waals surface area contributed by atoms with Crippen LogP contribution in [0.2, 0.25) is 0 Å². The van der Waals surface area contributed by atoms with E-state index in [-0.39, 0.29) is 0 Å². The van der Waals surface area contributed by atoms with Crippen LogP contribution < -0.4 is 4.90 Å². The molecule has 0 saturated carbocycles. The Kier molecular flexibility index (Phi) is 6.55. The Morgan fingerprint density at radius 3 is 1.75 bits per heavy atom. The number of rotatable bonds is 5. The molecule has 53 heavy (non-hydrogen) atoms. The van der Waals surface area contributed by atoms with E-state index < -0.39 is 0 Å². The van der Waals surface area contributed by atoms with E-state index >= 15 is 0 Å². The molecule has 0 aliphatic heterocycles. The van der Waals surface area contributed by atoms with Crippen LogP contribution in [0, 0.1) is 0 Å². The van der Waals surface area contributed by atoms with Gasteiger partial charge in [-0.15, -0.1) is 0 Å². The van der Waals surface area contributed by atoms with Crippen molar-refractivity contribution in [2.24, 2.45) is 0 Å². The zero-order chi connectivity index (χ0) is 34.9. The minimum Gasteiger partial charge on any atom is -0.456 e. The standard InChI is InChI=1S/C50H31NO2/c1-2-12-34-28-37(23-22-32(34)10-1)35-13-7-15-39(29-35)51(45-19-9-21-48-49(45)43-26-24-33-11-3-4-17-41(33)50(43)53-48)40-16-8-14-36(30-40)38-25-27-47-44(31-38)42-18-5-6-20-46(42)52-47/h1-31H. The molecule has 0 fully saturated rings. The van der Waals surface area contributed by atoms with Crippen LogP contribution in [-0.4, -0.2) is 0 Å². The zero-order valence-corrected chi connectivity index (χ0v) is 28.7. The second kappa shape index (κ2) is 11.7. The first-order valence-corrected chi connectivity index (χ1v) is 18.0. The third-order valence-corrected chi connectivity index (χ3v) is 10.6. The van der Waals surface area contributed by atoms with Crippen LogP contribution in [-0.2, 0) is 0 Å². The van der Waals surface area contributed by atoms with Gasteiger partial charge in [0.2, 0.25) is 0 Å². The van der Waals surface area contributed by atoms with Crippen LogP contribution in [0.5, 0.6) is 0 Å². The number of benzene rings is 9. The Bertz CT molecular complexity index is 3200. The first-order valence-electron chi connectivity index (χ1n) is 18.0. The van der Waals surface area contributed by atoms with E-state index in [1.807, 2.05) is 12.1 Å². The average Bonchev–Trinajstić information content (AvgIpc) is 3.80. The summed E-state index contributed by atoms with van der Waals surface area (Å²) < 4.78 is 12.9. The lowest BCUT2D eigenvalue weighted by atomic mass is 9.99. The van der Waals surface area contributed by atoms with Gasteiger partial charge < -0.3 is 13.7 Å². The highest BCUT2D eigenvalue weighted by atomic mass is 16.3. The Balaban J connectivity index is 1.13. The van der Waals surface area contributed by atoms with Crippen molar-refractivity contribution in [2.75, 3.05) is 4.90 Å². The third-order valence-electron chi connectivity index (χ3n) is 10.6. The highest BCUT2D eigenvalue weighted by Crippen LogP contribution is 2.45. The minimum absolute atomic E-state index is 0.859. The fourth-order valence-electron chi connectivity index (χ4n) is 8.07. The van der Waals surface area contributed by atoms with Gasteiger partial charge in [0.05, 0.1) is 11.1 Å². The summed E-state index contributed by atoms with van der Waals surface area (Å²) in [5.41, 5.74) is 11.3. The smallest absolute Gasteiger partial charge is 0.143 e. The molecule has 11 aromatic rings. The maximum atomic E-state index is 6.69. The van der Waals surface area contributed by atoms with Crippen molar-refractivity contribution < 1.29 is 8.83 Å². The summed E-state index contributed by atoms with van der Waals surface area (Å²) >= 11 is 0. The van der Waals surface area contributed by atoms with E-state index in [4.69, 9.17) is 8.83 Å². The monoisotopic (exact) mass is 677 g/mol. The van der Waals surface area contributed by atoms with E-state index in [9.17, 15) is 0 Å². The summed E-state index contributed by atoms with van der Waals surface area (Å²) in [7, 11) is 0. The Morgan fingerprint density at radius 2 is 0.925 bits per heavy atom. The molecule has 3 heteroatoms. The van der Waals surface area contributed by atoms with Gasteiger partial charge in [-0.05, 0) is 105 Å². The average molecular weight is 678 g/mol. The van der Waals surface area contributed by atoms with Gasteiger partial charge in [-0.3, -0.25) is 0 Å². The molecule has 0 amide bonds. The molecular weight excluding hydrogens is 647 g/mol. The number of nitrogens with zero attached hydrogens (tertiary/aromatic N) is 1. The summed E-state index contributed by atoms with van der Waals surface area (Å²) in [6.45, 7) is 0. The van der Waals surface area contributed by atoms with Gasteiger partial charge in [0.1, 0.15) is 22.3 Å². The molecule has 0 unspecified atom stereocenters.